The Kier molecular flexibility index (Phi) is 4.11. The maximum absolute atomic E-state index is 14.5. The zero-order chi connectivity index (χ0) is 19.3. The molecule has 0 spiro atoms. The highest BCUT2D eigenvalue weighted by Gasteiger charge is 2.25. The molecule has 0 radical (unpaired) electrons. The molecule has 0 amide bonds. The highest BCUT2D eigenvalue weighted by atomic mass is 35.5. The van der Waals surface area contributed by atoms with Gasteiger partial charge in [-0.1, -0.05) is 31.0 Å². The largest absolute Gasteiger partial charge is 0.329 e. The third-order valence-electron chi connectivity index (χ3n) is 4.56. The molecule has 0 saturated carbocycles. The summed E-state index contributed by atoms with van der Waals surface area (Å²) in [5, 5.41) is 8.43. The van der Waals surface area contributed by atoms with Crippen LogP contribution >= 0.6 is 11.6 Å². The molecule has 140 valence electrons. The van der Waals surface area contributed by atoms with Gasteiger partial charge in [0.2, 0.25) is 5.78 Å². The molecule has 10 heteroatoms. The first-order valence-corrected chi connectivity index (χ1v) is 8.84. The van der Waals surface area contributed by atoms with Gasteiger partial charge in [-0.3, -0.25) is 14.3 Å². The number of nitrogens with zero attached hydrogens (tertiary/aromatic N) is 5. The van der Waals surface area contributed by atoms with Crippen LogP contribution in [0.1, 0.15) is 19.8 Å². The number of benzene rings is 1. The zero-order valence-electron chi connectivity index (χ0n) is 14.7. The molecular weight excluding hydrogens is 375 g/mol. The molecule has 0 aliphatic carbocycles. The summed E-state index contributed by atoms with van der Waals surface area (Å²) in [6, 6.07) is 4.30. The van der Waals surface area contributed by atoms with Gasteiger partial charge in [0.05, 0.1) is 10.6 Å². The average molecular weight is 391 g/mol. The summed E-state index contributed by atoms with van der Waals surface area (Å²) in [7, 11) is 1.52. The van der Waals surface area contributed by atoms with Gasteiger partial charge in [0, 0.05) is 13.6 Å². The number of aromatic nitrogens is 6. The molecule has 0 saturated heterocycles. The van der Waals surface area contributed by atoms with Crippen LogP contribution in [0.3, 0.4) is 0 Å². The summed E-state index contributed by atoms with van der Waals surface area (Å²) >= 11 is 6.20. The van der Waals surface area contributed by atoms with Crippen molar-refractivity contribution in [3.63, 3.8) is 0 Å². The molecule has 3 aromatic heterocycles. The summed E-state index contributed by atoms with van der Waals surface area (Å²) in [5.74, 6) is -0.0884. The first-order chi connectivity index (χ1) is 13.0. The maximum atomic E-state index is 14.5. The maximum Gasteiger partial charge on any atom is 0.329 e. The van der Waals surface area contributed by atoms with E-state index in [9.17, 15) is 14.0 Å². The minimum atomic E-state index is -0.582. The Morgan fingerprint density at radius 1 is 1.26 bits per heavy atom. The normalized spacial score (nSPS) is 11.7. The second kappa shape index (κ2) is 6.34. The van der Waals surface area contributed by atoms with Crippen LogP contribution in [0.2, 0.25) is 5.02 Å². The zero-order valence-corrected chi connectivity index (χ0v) is 15.4. The molecule has 27 heavy (non-hydrogen) atoms. The van der Waals surface area contributed by atoms with Crippen LogP contribution < -0.4 is 11.2 Å². The van der Waals surface area contributed by atoms with Gasteiger partial charge in [0.1, 0.15) is 5.82 Å². The van der Waals surface area contributed by atoms with Crippen LogP contribution in [-0.4, -0.2) is 28.7 Å². The van der Waals surface area contributed by atoms with Crippen molar-refractivity contribution >= 4 is 28.5 Å². The van der Waals surface area contributed by atoms with E-state index in [4.69, 9.17) is 11.6 Å². The van der Waals surface area contributed by atoms with E-state index in [2.05, 4.69) is 15.2 Å². The highest BCUT2D eigenvalue weighted by Crippen LogP contribution is 2.31. The van der Waals surface area contributed by atoms with Crippen LogP contribution in [-0.2, 0) is 13.6 Å². The van der Waals surface area contributed by atoms with Crippen molar-refractivity contribution in [2.75, 3.05) is 0 Å². The molecular formula is C17H16ClFN6O2. The molecule has 0 fully saturated rings. The monoisotopic (exact) mass is 390 g/mol. The van der Waals surface area contributed by atoms with Crippen LogP contribution in [0.25, 0.3) is 28.3 Å². The van der Waals surface area contributed by atoms with Gasteiger partial charge < -0.3 is 4.57 Å². The number of nitrogens with one attached hydrogen (secondary N) is 1. The summed E-state index contributed by atoms with van der Waals surface area (Å²) in [6.45, 7) is 2.53. The Morgan fingerprint density at radius 2 is 2.04 bits per heavy atom. The lowest BCUT2D eigenvalue weighted by molar-refractivity contribution is 0.630. The van der Waals surface area contributed by atoms with E-state index in [1.165, 1.54) is 28.1 Å². The summed E-state index contributed by atoms with van der Waals surface area (Å²) in [4.78, 5) is 27.0. The van der Waals surface area contributed by atoms with Crippen molar-refractivity contribution in [1.82, 2.24) is 28.7 Å². The highest BCUT2D eigenvalue weighted by molar-refractivity contribution is 6.33. The average Bonchev–Trinajstić information content (AvgIpc) is 3.17. The predicted octanol–water partition coefficient (Wildman–Crippen LogP) is 2.33. The van der Waals surface area contributed by atoms with E-state index in [1.807, 2.05) is 6.92 Å². The number of unbranched alkanes of at least 4 members (excludes halogenated alkanes) is 1. The van der Waals surface area contributed by atoms with Crippen molar-refractivity contribution < 1.29 is 4.39 Å². The van der Waals surface area contributed by atoms with E-state index in [-0.39, 0.29) is 27.6 Å². The lowest BCUT2D eigenvalue weighted by Crippen LogP contribution is -2.29. The Bertz CT molecular complexity index is 1280. The van der Waals surface area contributed by atoms with Crippen molar-refractivity contribution in [2.24, 2.45) is 7.05 Å². The predicted molar refractivity (Wildman–Crippen MR) is 99.7 cm³/mol. The Labute approximate surface area is 156 Å². The molecule has 3 heterocycles. The van der Waals surface area contributed by atoms with Crippen LogP contribution in [0.4, 0.5) is 4.39 Å². The van der Waals surface area contributed by atoms with E-state index in [0.717, 1.165) is 12.8 Å². The van der Waals surface area contributed by atoms with Crippen molar-refractivity contribution in [1.29, 1.82) is 0 Å². The van der Waals surface area contributed by atoms with Crippen molar-refractivity contribution in [3.8, 4) is 11.4 Å². The molecule has 0 aliphatic heterocycles. The molecule has 0 aliphatic rings. The topological polar surface area (TPSA) is 90.0 Å². The molecule has 1 N–H and O–H groups in total. The number of hydrogen-bond donors (Lipinski definition) is 1. The Morgan fingerprint density at radius 3 is 2.74 bits per heavy atom. The first kappa shape index (κ1) is 17.5. The molecule has 0 atom stereocenters. The van der Waals surface area contributed by atoms with Gasteiger partial charge in [-0.05, 0) is 18.6 Å². The van der Waals surface area contributed by atoms with Crippen molar-refractivity contribution in [2.45, 2.75) is 26.3 Å². The lowest BCUT2D eigenvalue weighted by atomic mass is 10.2. The van der Waals surface area contributed by atoms with E-state index >= 15 is 0 Å². The summed E-state index contributed by atoms with van der Waals surface area (Å²) in [6.07, 6.45) is 1.69. The van der Waals surface area contributed by atoms with Gasteiger partial charge >= 0.3 is 5.69 Å². The van der Waals surface area contributed by atoms with Crippen molar-refractivity contribution in [3.05, 3.63) is 49.9 Å². The smallest absolute Gasteiger partial charge is 0.302 e. The quantitative estimate of drug-likeness (QED) is 0.579. The minimum Gasteiger partial charge on any atom is -0.302 e. The summed E-state index contributed by atoms with van der Waals surface area (Å²) in [5.41, 5.74) is -0.478. The van der Waals surface area contributed by atoms with Crippen LogP contribution in [0.15, 0.2) is 27.8 Å². The van der Waals surface area contributed by atoms with E-state index < -0.39 is 17.1 Å². The lowest BCUT2D eigenvalue weighted by Gasteiger charge is -2.05. The SMILES string of the molecule is CCCCn1c2c(=O)[nH]c(=O)n(C)c2n2c(-c3c(F)cccc3Cl)nnc12. The number of H-pyrrole nitrogens is 1. The molecule has 0 unspecified atom stereocenters. The second-order valence-electron chi connectivity index (χ2n) is 6.25. The molecule has 8 nitrogen and oxygen atoms in total. The van der Waals surface area contributed by atoms with Crippen LogP contribution in [0, 0.1) is 5.82 Å². The summed E-state index contributed by atoms with van der Waals surface area (Å²) < 4.78 is 19.0. The molecule has 4 aromatic rings. The van der Waals surface area contributed by atoms with E-state index in [0.29, 0.717) is 12.3 Å². The number of aromatic amines is 1. The molecule has 0 bridgehead atoms. The fourth-order valence-electron chi connectivity index (χ4n) is 3.24. The van der Waals surface area contributed by atoms with Gasteiger partial charge in [-0.2, -0.15) is 0 Å². The van der Waals surface area contributed by atoms with Gasteiger partial charge in [0.15, 0.2) is 17.0 Å². The number of aryl methyl sites for hydroxylation is 2. The minimum absolute atomic E-state index is 0.0638. The van der Waals surface area contributed by atoms with E-state index in [1.54, 1.807) is 10.6 Å². The number of rotatable bonds is 4. The van der Waals surface area contributed by atoms with Gasteiger partial charge in [-0.15, -0.1) is 10.2 Å². The Balaban J connectivity index is 2.21. The first-order valence-electron chi connectivity index (χ1n) is 8.46. The molecule has 4 rings (SSSR count). The molecule has 1 aromatic carbocycles. The standard InChI is InChI=1S/C17H16ClFN6O2/c1-3-4-8-24-12-14(26)20-17(27)23(2)15(12)25-13(21-22-16(24)25)11-9(18)6-5-7-10(11)19/h5-7H,3-4,8H2,1-2H3,(H,20,26,27). The number of halogens is 2. The second-order valence-corrected chi connectivity index (χ2v) is 6.66. The fraction of sp³-hybridized carbons (Fsp3) is 0.294. The third-order valence-corrected chi connectivity index (χ3v) is 4.88. The Hall–Kier alpha value is -2.94. The van der Waals surface area contributed by atoms with Crippen LogP contribution in [0.5, 0.6) is 0 Å². The van der Waals surface area contributed by atoms with Gasteiger partial charge in [0.25, 0.3) is 5.56 Å². The number of imidazole rings is 1. The van der Waals surface area contributed by atoms with Gasteiger partial charge in [-0.25, -0.2) is 13.6 Å². The number of fused-ring (bicyclic) bond motifs is 3. The fourth-order valence-corrected chi connectivity index (χ4v) is 3.49. The number of hydrogen-bond acceptors (Lipinski definition) is 4. The third kappa shape index (κ3) is 2.49.